The molecule has 6 nitrogen and oxygen atoms in total. The summed E-state index contributed by atoms with van der Waals surface area (Å²) in [5, 5.41) is 23.8. The molecule has 0 aliphatic heterocycles. The van der Waals surface area contributed by atoms with Crippen molar-refractivity contribution in [2.24, 2.45) is 0 Å². The fraction of sp³-hybridized carbons (Fsp3) is 0.667. The van der Waals surface area contributed by atoms with Crippen LogP contribution in [0.15, 0.2) is 6.20 Å². The van der Waals surface area contributed by atoms with Crippen LogP contribution < -0.4 is 0 Å². The van der Waals surface area contributed by atoms with E-state index in [0.717, 1.165) is 0 Å². The SMILES string of the molecule is Cc1cn(CCC(C)(C)O)nc1[N+](=O)[O-]. The fourth-order valence-electron chi connectivity index (χ4n) is 1.19. The molecule has 0 aromatic carbocycles. The van der Waals surface area contributed by atoms with Gasteiger partial charge in [0.15, 0.2) is 0 Å². The molecule has 15 heavy (non-hydrogen) atoms. The number of aromatic nitrogens is 2. The average Bonchev–Trinajstić information content (AvgIpc) is 2.42. The monoisotopic (exact) mass is 213 g/mol. The number of hydrogen-bond donors (Lipinski definition) is 1. The van der Waals surface area contributed by atoms with Crippen molar-refractivity contribution in [3.05, 3.63) is 21.9 Å². The van der Waals surface area contributed by atoms with Gasteiger partial charge in [0, 0.05) is 0 Å². The maximum atomic E-state index is 10.5. The Morgan fingerprint density at radius 2 is 2.27 bits per heavy atom. The second kappa shape index (κ2) is 3.98. The van der Waals surface area contributed by atoms with E-state index >= 15 is 0 Å². The maximum Gasteiger partial charge on any atom is 0.392 e. The third-order valence-corrected chi connectivity index (χ3v) is 2.04. The topological polar surface area (TPSA) is 81.2 Å². The van der Waals surface area contributed by atoms with E-state index in [1.54, 1.807) is 27.0 Å². The van der Waals surface area contributed by atoms with Crippen molar-refractivity contribution >= 4 is 5.82 Å². The highest BCUT2D eigenvalue weighted by Gasteiger charge is 2.19. The summed E-state index contributed by atoms with van der Waals surface area (Å²) in [6.07, 6.45) is 2.12. The van der Waals surface area contributed by atoms with E-state index in [-0.39, 0.29) is 5.82 Å². The molecule has 0 radical (unpaired) electrons. The summed E-state index contributed by atoms with van der Waals surface area (Å²) in [6.45, 7) is 5.50. The van der Waals surface area contributed by atoms with Crippen molar-refractivity contribution in [3.63, 3.8) is 0 Å². The summed E-state index contributed by atoms with van der Waals surface area (Å²) in [6, 6.07) is 0. The van der Waals surface area contributed by atoms with Gasteiger partial charge >= 0.3 is 5.82 Å². The van der Waals surface area contributed by atoms with Gasteiger partial charge < -0.3 is 15.2 Å². The van der Waals surface area contributed by atoms with E-state index in [9.17, 15) is 15.2 Å². The normalized spacial score (nSPS) is 11.7. The van der Waals surface area contributed by atoms with Crippen LogP contribution in [0.4, 0.5) is 5.82 Å². The molecule has 0 saturated carbocycles. The molecule has 0 unspecified atom stereocenters. The molecule has 84 valence electrons. The average molecular weight is 213 g/mol. The van der Waals surface area contributed by atoms with Gasteiger partial charge in [-0.25, -0.2) is 0 Å². The predicted octanol–water partition coefficient (Wildman–Crippen LogP) is 1.26. The molecule has 1 aromatic heterocycles. The van der Waals surface area contributed by atoms with Gasteiger partial charge in [0.25, 0.3) is 0 Å². The zero-order valence-corrected chi connectivity index (χ0v) is 9.10. The quantitative estimate of drug-likeness (QED) is 0.603. The van der Waals surface area contributed by atoms with Crippen LogP contribution in [0.2, 0.25) is 0 Å². The van der Waals surface area contributed by atoms with Gasteiger partial charge in [-0.3, -0.25) is 0 Å². The Labute approximate surface area is 87.7 Å². The molecule has 0 saturated heterocycles. The first-order chi connectivity index (χ1) is 6.79. The lowest BCUT2D eigenvalue weighted by molar-refractivity contribution is -0.390. The van der Waals surface area contributed by atoms with Crippen LogP contribution in [0.5, 0.6) is 0 Å². The summed E-state index contributed by atoms with van der Waals surface area (Å²) in [5.41, 5.74) is -0.245. The fourth-order valence-corrected chi connectivity index (χ4v) is 1.19. The number of hydrogen-bond acceptors (Lipinski definition) is 4. The zero-order chi connectivity index (χ0) is 11.6. The highest BCUT2D eigenvalue weighted by Crippen LogP contribution is 2.15. The Hall–Kier alpha value is -1.43. The summed E-state index contributed by atoms with van der Waals surface area (Å²) in [5.74, 6) is -0.120. The van der Waals surface area contributed by atoms with E-state index in [4.69, 9.17) is 0 Å². The molecule has 1 N–H and O–H groups in total. The van der Waals surface area contributed by atoms with Gasteiger partial charge in [-0.2, -0.15) is 4.68 Å². The minimum Gasteiger partial charge on any atom is -0.390 e. The van der Waals surface area contributed by atoms with E-state index in [0.29, 0.717) is 18.5 Å². The van der Waals surface area contributed by atoms with Gasteiger partial charge in [0.1, 0.15) is 0 Å². The molecule has 1 rings (SSSR count). The van der Waals surface area contributed by atoms with Crippen molar-refractivity contribution in [2.75, 3.05) is 0 Å². The molecular weight excluding hydrogens is 198 g/mol. The highest BCUT2D eigenvalue weighted by atomic mass is 16.6. The Bertz CT molecular complexity index is 365. The van der Waals surface area contributed by atoms with Crippen LogP contribution in [0.25, 0.3) is 0 Å². The van der Waals surface area contributed by atoms with Crippen molar-refractivity contribution in [1.29, 1.82) is 0 Å². The van der Waals surface area contributed by atoms with Gasteiger partial charge in [-0.15, -0.1) is 0 Å². The number of nitro groups is 1. The number of aliphatic hydroxyl groups is 1. The van der Waals surface area contributed by atoms with Crippen LogP contribution in [-0.4, -0.2) is 25.4 Å². The molecule has 0 aliphatic rings. The first-order valence-electron chi connectivity index (χ1n) is 4.70. The molecule has 0 fully saturated rings. The first-order valence-corrected chi connectivity index (χ1v) is 4.70. The lowest BCUT2D eigenvalue weighted by atomic mass is 10.1. The standard InChI is InChI=1S/C9H15N3O3/c1-7-6-11(5-4-9(2,3)13)10-8(7)12(14)15/h6,13H,4-5H2,1-3H3. The Kier molecular flexibility index (Phi) is 3.09. The molecular formula is C9H15N3O3. The smallest absolute Gasteiger partial charge is 0.390 e. The third kappa shape index (κ3) is 3.32. The summed E-state index contributed by atoms with van der Waals surface area (Å²) >= 11 is 0. The number of aryl methyl sites for hydroxylation is 2. The van der Waals surface area contributed by atoms with Crippen molar-refractivity contribution in [3.8, 4) is 0 Å². The Morgan fingerprint density at radius 1 is 1.67 bits per heavy atom. The molecule has 0 amide bonds. The lowest BCUT2D eigenvalue weighted by Crippen LogP contribution is -2.21. The molecule has 0 spiro atoms. The van der Waals surface area contributed by atoms with Crippen LogP contribution in [0.3, 0.4) is 0 Å². The minimum absolute atomic E-state index is 0.120. The predicted molar refractivity (Wildman–Crippen MR) is 54.5 cm³/mol. The Morgan fingerprint density at radius 3 is 2.67 bits per heavy atom. The minimum atomic E-state index is -0.783. The molecule has 0 aliphatic carbocycles. The van der Waals surface area contributed by atoms with Crippen LogP contribution in [0.1, 0.15) is 25.8 Å². The van der Waals surface area contributed by atoms with Crippen LogP contribution in [0, 0.1) is 17.0 Å². The molecule has 0 bridgehead atoms. The summed E-state index contributed by atoms with van der Waals surface area (Å²) in [4.78, 5) is 10.0. The highest BCUT2D eigenvalue weighted by molar-refractivity contribution is 5.27. The summed E-state index contributed by atoms with van der Waals surface area (Å²) < 4.78 is 1.49. The number of nitrogens with zero attached hydrogens (tertiary/aromatic N) is 3. The second-order valence-corrected chi connectivity index (χ2v) is 4.22. The lowest BCUT2D eigenvalue weighted by Gasteiger charge is -2.15. The molecule has 1 heterocycles. The van der Waals surface area contributed by atoms with Gasteiger partial charge in [0.2, 0.25) is 0 Å². The summed E-state index contributed by atoms with van der Waals surface area (Å²) in [7, 11) is 0. The first kappa shape index (κ1) is 11.6. The van der Waals surface area contributed by atoms with E-state index in [1.165, 1.54) is 4.68 Å². The number of rotatable bonds is 4. The van der Waals surface area contributed by atoms with Crippen molar-refractivity contribution in [2.45, 2.75) is 39.3 Å². The Balaban J connectivity index is 2.72. The third-order valence-electron chi connectivity index (χ3n) is 2.04. The molecule has 0 atom stereocenters. The van der Waals surface area contributed by atoms with Gasteiger partial charge in [0.05, 0.1) is 29.0 Å². The van der Waals surface area contributed by atoms with E-state index in [1.807, 2.05) is 0 Å². The largest absolute Gasteiger partial charge is 0.392 e. The van der Waals surface area contributed by atoms with Crippen LogP contribution in [-0.2, 0) is 6.54 Å². The van der Waals surface area contributed by atoms with Crippen molar-refractivity contribution in [1.82, 2.24) is 9.78 Å². The second-order valence-electron chi connectivity index (χ2n) is 4.22. The van der Waals surface area contributed by atoms with Gasteiger partial charge in [-0.05, 0) is 32.1 Å². The zero-order valence-electron chi connectivity index (χ0n) is 9.10. The maximum absolute atomic E-state index is 10.5. The molecule has 1 aromatic rings. The van der Waals surface area contributed by atoms with Crippen molar-refractivity contribution < 1.29 is 10.0 Å². The molecule has 6 heteroatoms. The van der Waals surface area contributed by atoms with Gasteiger partial charge in [-0.1, -0.05) is 0 Å². The van der Waals surface area contributed by atoms with E-state index in [2.05, 4.69) is 5.10 Å². The van der Waals surface area contributed by atoms with E-state index < -0.39 is 10.5 Å². The van der Waals surface area contributed by atoms with Crippen LogP contribution >= 0.6 is 0 Å².